The van der Waals surface area contributed by atoms with E-state index in [4.69, 9.17) is 16.7 Å². The summed E-state index contributed by atoms with van der Waals surface area (Å²) in [5.41, 5.74) is 4.56. The summed E-state index contributed by atoms with van der Waals surface area (Å²) in [6, 6.07) is 10.2. The third-order valence-electron chi connectivity index (χ3n) is 10.1. The lowest BCUT2D eigenvalue weighted by Gasteiger charge is -2.58. The summed E-state index contributed by atoms with van der Waals surface area (Å²) in [7, 11) is 0. The normalized spacial score (nSPS) is 40.9. The molecule has 0 unspecified atom stereocenters. The summed E-state index contributed by atoms with van der Waals surface area (Å²) >= 11 is 6.07. The topological polar surface area (TPSA) is 38.0 Å². The molecule has 0 spiro atoms. The van der Waals surface area contributed by atoms with Crippen LogP contribution in [0.4, 0.5) is 0 Å². The molecule has 7 atom stereocenters. The molecule has 0 saturated heterocycles. The van der Waals surface area contributed by atoms with Crippen LogP contribution < -0.4 is 0 Å². The van der Waals surface area contributed by atoms with Crippen molar-refractivity contribution < 1.29 is 5.11 Å². The van der Waals surface area contributed by atoms with Gasteiger partial charge in [-0.25, -0.2) is 4.68 Å². The minimum Gasteiger partial charge on any atom is -0.393 e. The molecule has 1 N–H and O–H groups in total. The van der Waals surface area contributed by atoms with Gasteiger partial charge >= 0.3 is 0 Å². The highest BCUT2D eigenvalue weighted by atomic mass is 35.5. The van der Waals surface area contributed by atoms with Crippen LogP contribution in [0, 0.1) is 28.6 Å². The van der Waals surface area contributed by atoms with Gasteiger partial charge in [-0.1, -0.05) is 37.1 Å². The molecule has 4 aliphatic rings. The van der Waals surface area contributed by atoms with Crippen LogP contribution in [-0.2, 0) is 0 Å². The lowest BCUT2D eigenvalue weighted by atomic mass is 9.47. The molecular formula is C28H35ClN2O. The van der Waals surface area contributed by atoms with Crippen molar-refractivity contribution in [3.8, 4) is 5.69 Å². The van der Waals surface area contributed by atoms with Crippen LogP contribution >= 0.6 is 11.6 Å². The molecule has 2 aromatic rings. The number of halogens is 1. The molecular weight excluding hydrogens is 416 g/mol. The summed E-state index contributed by atoms with van der Waals surface area (Å²) in [5.74, 6) is 2.92. The van der Waals surface area contributed by atoms with Crippen LogP contribution in [0.5, 0.6) is 0 Å². The van der Waals surface area contributed by atoms with Crippen molar-refractivity contribution in [2.75, 3.05) is 0 Å². The summed E-state index contributed by atoms with van der Waals surface area (Å²) < 4.78 is 2.01. The molecule has 0 aliphatic heterocycles. The van der Waals surface area contributed by atoms with Crippen molar-refractivity contribution in [2.45, 2.75) is 77.2 Å². The first-order chi connectivity index (χ1) is 15.4. The van der Waals surface area contributed by atoms with Crippen LogP contribution in [0.25, 0.3) is 5.69 Å². The maximum Gasteiger partial charge on any atom is 0.0665 e. The van der Waals surface area contributed by atoms with Crippen molar-refractivity contribution in [3.05, 3.63) is 58.9 Å². The molecule has 0 amide bonds. The van der Waals surface area contributed by atoms with E-state index in [0.717, 1.165) is 41.3 Å². The van der Waals surface area contributed by atoms with Gasteiger partial charge in [0.05, 0.1) is 17.5 Å². The first kappa shape index (κ1) is 21.0. The Morgan fingerprint density at radius 3 is 2.62 bits per heavy atom. The first-order valence-corrected chi connectivity index (χ1v) is 13.0. The van der Waals surface area contributed by atoms with Gasteiger partial charge in [0.15, 0.2) is 0 Å². The Balaban J connectivity index is 1.27. The summed E-state index contributed by atoms with van der Waals surface area (Å²) in [5, 5.41) is 16.1. The fourth-order valence-electron chi connectivity index (χ4n) is 8.39. The van der Waals surface area contributed by atoms with Crippen LogP contribution in [-0.4, -0.2) is 21.0 Å². The predicted octanol–water partition coefficient (Wildman–Crippen LogP) is 6.93. The first-order valence-electron chi connectivity index (χ1n) is 12.6. The summed E-state index contributed by atoms with van der Waals surface area (Å²) in [6.07, 6.45) is 14.0. The Kier molecular flexibility index (Phi) is 4.90. The van der Waals surface area contributed by atoms with E-state index >= 15 is 0 Å². The third kappa shape index (κ3) is 3.07. The number of aliphatic hydroxyl groups is 1. The molecule has 0 radical (unpaired) electrons. The molecule has 32 heavy (non-hydrogen) atoms. The summed E-state index contributed by atoms with van der Waals surface area (Å²) in [4.78, 5) is 0. The maximum absolute atomic E-state index is 10.3. The Hall–Kier alpha value is -1.58. The number of rotatable bonds is 2. The van der Waals surface area contributed by atoms with Crippen molar-refractivity contribution in [1.29, 1.82) is 0 Å². The minimum atomic E-state index is -0.119. The second kappa shape index (κ2) is 7.46. The SMILES string of the molecule is C[C@]12CC[C@H]3[C@@H](CC=C4C[C@@H](O)CC[C@@]43C)[C@@H]1CC[C@@H]2c1ccn(-c2ccc(Cl)cc2)n1. The van der Waals surface area contributed by atoms with Crippen LogP contribution in [0.2, 0.25) is 5.02 Å². The molecule has 3 nitrogen and oxygen atoms in total. The van der Waals surface area contributed by atoms with Crippen LogP contribution in [0.3, 0.4) is 0 Å². The highest BCUT2D eigenvalue weighted by Gasteiger charge is 2.59. The molecule has 1 aromatic heterocycles. The third-order valence-corrected chi connectivity index (χ3v) is 10.4. The fourth-order valence-corrected chi connectivity index (χ4v) is 8.52. The van der Waals surface area contributed by atoms with E-state index in [2.05, 4.69) is 32.2 Å². The lowest BCUT2D eigenvalue weighted by molar-refractivity contribution is -0.0412. The zero-order valence-corrected chi connectivity index (χ0v) is 20.1. The van der Waals surface area contributed by atoms with E-state index in [0.29, 0.717) is 16.7 Å². The number of benzene rings is 1. The highest BCUT2D eigenvalue weighted by Crippen LogP contribution is 2.67. The monoisotopic (exact) mass is 450 g/mol. The van der Waals surface area contributed by atoms with Crippen LogP contribution in [0.1, 0.15) is 76.8 Å². The Bertz CT molecular complexity index is 1040. The Labute approximate surface area is 196 Å². The molecule has 170 valence electrons. The minimum absolute atomic E-state index is 0.119. The van der Waals surface area contributed by atoms with E-state index in [-0.39, 0.29) is 6.10 Å². The van der Waals surface area contributed by atoms with E-state index < -0.39 is 0 Å². The van der Waals surface area contributed by atoms with Gasteiger partial charge in [-0.3, -0.25) is 0 Å². The average Bonchev–Trinajstić information content (AvgIpc) is 3.39. The molecule has 1 aromatic carbocycles. The Morgan fingerprint density at radius 1 is 1.00 bits per heavy atom. The van der Waals surface area contributed by atoms with Gasteiger partial charge in [0.2, 0.25) is 0 Å². The number of hydrogen-bond donors (Lipinski definition) is 1. The van der Waals surface area contributed by atoms with E-state index in [1.165, 1.54) is 44.2 Å². The average molecular weight is 451 g/mol. The summed E-state index contributed by atoms with van der Waals surface area (Å²) in [6.45, 7) is 5.09. The van der Waals surface area contributed by atoms with Crippen molar-refractivity contribution in [1.82, 2.24) is 9.78 Å². The number of nitrogens with zero attached hydrogens (tertiary/aromatic N) is 2. The molecule has 4 heteroatoms. The Morgan fingerprint density at radius 2 is 1.81 bits per heavy atom. The van der Waals surface area contributed by atoms with Gasteiger partial charge in [-0.05, 0) is 110 Å². The second-order valence-corrected chi connectivity index (χ2v) is 11.9. The van der Waals surface area contributed by atoms with Crippen molar-refractivity contribution in [2.24, 2.45) is 28.6 Å². The molecule has 0 bridgehead atoms. The van der Waals surface area contributed by atoms with Gasteiger partial charge in [-0.15, -0.1) is 0 Å². The standard InChI is InChI=1S/C28H35ClN2O/c1-27-14-11-21(32)17-18(27)3-8-22-23-9-10-25(28(23,2)15-12-24(22)27)26-13-16-31(30-26)20-6-4-19(29)5-7-20/h3-7,13,16,21-25,32H,8-12,14-15,17H2,1-2H3/t21-,22-,23-,24-,25+,27-,28-/m0/s1. The number of allylic oxidation sites excluding steroid dienone is 1. The van der Waals surface area contributed by atoms with Gasteiger partial charge in [0, 0.05) is 17.1 Å². The molecule has 1 heterocycles. The number of aliphatic hydroxyl groups excluding tert-OH is 1. The maximum atomic E-state index is 10.3. The van der Waals surface area contributed by atoms with E-state index in [1.54, 1.807) is 5.57 Å². The van der Waals surface area contributed by atoms with Crippen molar-refractivity contribution >= 4 is 11.6 Å². The largest absolute Gasteiger partial charge is 0.393 e. The zero-order valence-electron chi connectivity index (χ0n) is 19.3. The number of aromatic nitrogens is 2. The predicted molar refractivity (Wildman–Crippen MR) is 129 cm³/mol. The van der Waals surface area contributed by atoms with E-state index in [1.807, 2.05) is 28.9 Å². The van der Waals surface area contributed by atoms with Crippen molar-refractivity contribution in [3.63, 3.8) is 0 Å². The van der Waals surface area contributed by atoms with Crippen LogP contribution in [0.15, 0.2) is 48.2 Å². The molecule has 3 saturated carbocycles. The van der Waals surface area contributed by atoms with Gasteiger partial charge in [0.1, 0.15) is 0 Å². The molecule has 4 aliphatic carbocycles. The number of fused-ring (bicyclic) bond motifs is 5. The fraction of sp³-hybridized carbons (Fsp3) is 0.607. The quantitative estimate of drug-likeness (QED) is 0.503. The van der Waals surface area contributed by atoms with E-state index in [9.17, 15) is 5.11 Å². The molecule has 3 fully saturated rings. The zero-order chi connectivity index (χ0) is 22.1. The molecule has 6 rings (SSSR count). The lowest BCUT2D eigenvalue weighted by Crippen LogP contribution is -2.50. The van der Waals surface area contributed by atoms with Gasteiger partial charge < -0.3 is 5.11 Å². The smallest absolute Gasteiger partial charge is 0.0665 e. The number of hydrogen-bond acceptors (Lipinski definition) is 2. The van der Waals surface area contributed by atoms with Gasteiger partial charge in [-0.2, -0.15) is 5.10 Å². The highest BCUT2D eigenvalue weighted by molar-refractivity contribution is 6.30. The second-order valence-electron chi connectivity index (χ2n) is 11.5. The van der Waals surface area contributed by atoms with Gasteiger partial charge in [0.25, 0.3) is 0 Å².